The number of rotatable bonds is 3. The molecule has 0 aromatic carbocycles. The van der Waals surface area contributed by atoms with Crippen LogP contribution in [0.4, 0.5) is 10.8 Å². The topological polar surface area (TPSA) is 42.7 Å². The second kappa shape index (κ2) is 3.79. The van der Waals surface area contributed by atoms with Crippen molar-refractivity contribution in [2.45, 2.75) is 13.3 Å². The van der Waals surface area contributed by atoms with Gasteiger partial charge in [-0.15, -0.1) is 11.3 Å². The zero-order valence-electron chi connectivity index (χ0n) is 8.19. The van der Waals surface area contributed by atoms with E-state index in [4.69, 9.17) is 0 Å². The highest BCUT2D eigenvalue weighted by molar-refractivity contribution is 7.13. The van der Waals surface area contributed by atoms with Crippen molar-refractivity contribution in [3.05, 3.63) is 23.5 Å². The Morgan fingerprint density at radius 2 is 2.43 bits per heavy atom. The van der Waals surface area contributed by atoms with E-state index in [1.54, 1.807) is 22.2 Å². The first kappa shape index (κ1) is 9.21. The molecule has 2 heterocycles. The maximum absolute atomic E-state index is 4.40. The van der Waals surface area contributed by atoms with E-state index >= 15 is 0 Å². The summed E-state index contributed by atoms with van der Waals surface area (Å²) in [6.45, 7) is 2.10. The van der Waals surface area contributed by atoms with Crippen LogP contribution in [-0.2, 0) is 13.5 Å². The third kappa shape index (κ3) is 1.93. The van der Waals surface area contributed by atoms with Crippen molar-refractivity contribution in [1.29, 1.82) is 0 Å². The van der Waals surface area contributed by atoms with Crippen LogP contribution in [0.1, 0.15) is 12.6 Å². The fourth-order valence-corrected chi connectivity index (χ4v) is 1.95. The minimum absolute atomic E-state index is 0.926. The number of hydrogen-bond donors (Lipinski definition) is 1. The molecule has 0 fully saturated rings. The van der Waals surface area contributed by atoms with Gasteiger partial charge in [-0.1, -0.05) is 6.92 Å². The summed E-state index contributed by atoms with van der Waals surface area (Å²) in [6.07, 6.45) is 4.69. The van der Waals surface area contributed by atoms with Gasteiger partial charge in [-0.2, -0.15) is 5.10 Å². The van der Waals surface area contributed by atoms with Crippen LogP contribution in [0.25, 0.3) is 0 Å². The molecule has 2 aromatic heterocycles. The van der Waals surface area contributed by atoms with Gasteiger partial charge in [-0.05, 0) is 6.42 Å². The van der Waals surface area contributed by atoms with Crippen molar-refractivity contribution in [3.63, 3.8) is 0 Å². The first-order valence-electron chi connectivity index (χ1n) is 4.48. The van der Waals surface area contributed by atoms with Crippen LogP contribution in [0.15, 0.2) is 17.8 Å². The molecule has 0 amide bonds. The van der Waals surface area contributed by atoms with E-state index in [1.807, 2.05) is 13.2 Å². The summed E-state index contributed by atoms with van der Waals surface area (Å²) in [5, 5.41) is 10.3. The zero-order chi connectivity index (χ0) is 9.97. The van der Waals surface area contributed by atoms with Gasteiger partial charge < -0.3 is 5.32 Å². The molecule has 14 heavy (non-hydrogen) atoms. The Hall–Kier alpha value is -1.36. The Morgan fingerprint density at radius 1 is 1.57 bits per heavy atom. The normalized spacial score (nSPS) is 10.4. The maximum Gasteiger partial charge on any atom is 0.187 e. The summed E-state index contributed by atoms with van der Waals surface area (Å²) in [6, 6.07) is 0. The number of nitrogens with one attached hydrogen (secondary N) is 1. The summed E-state index contributed by atoms with van der Waals surface area (Å²) in [7, 11) is 1.89. The molecule has 2 rings (SSSR count). The molecule has 0 saturated heterocycles. The summed E-state index contributed by atoms with van der Waals surface area (Å²) >= 11 is 1.62. The predicted molar refractivity (Wildman–Crippen MR) is 58.0 cm³/mol. The van der Waals surface area contributed by atoms with Gasteiger partial charge in [-0.3, -0.25) is 4.68 Å². The molecule has 74 valence electrons. The zero-order valence-corrected chi connectivity index (χ0v) is 9.01. The quantitative estimate of drug-likeness (QED) is 0.840. The lowest BCUT2D eigenvalue weighted by atomic mass is 10.4. The molecule has 4 nitrogen and oxygen atoms in total. The van der Waals surface area contributed by atoms with Crippen molar-refractivity contribution in [1.82, 2.24) is 14.8 Å². The van der Waals surface area contributed by atoms with Crippen LogP contribution in [0.3, 0.4) is 0 Å². The third-order valence-electron chi connectivity index (χ3n) is 1.87. The Kier molecular flexibility index (Phi) is 2.49. The summed E-state index contributed by atoms with van der Waals surface area (Å²) in [5.74, 6) is 0. The van der Waals surface area contributed by atoms with Crippen molar-refractivity contribution in [2.24, 2.45) is 7.05 Å². The fourth-order valence-electron chi connectivity index (χ4n) is 1.14. The second-order valence-electron chi connectivity index (χ2n) is 3.03. The second-order valence-corrected chi connectivity index (χ2v) is 3.88. The van der Waals surface area contributed by atoms with Crippen LogP contribution in [0.2, 0.25) is 0 Å². The molecule has 0 saturated carbocycles. The summed E-state index contributed by atoms with van der Waals surface area (Å²) in [4.78, 5) is 4.40. The first-order chi connectivity index (χ1) is 6.78. The fraction of sp³-hybridized carbons (Fsp3) is 0.333. The smallest absolute Gasteiger partial charge is 0.187 e. The number of aromatic nitrogens is 3. The molecular weight excluding hydrogens is 196 g/mol. The summed E-state index contributed by atoms with van der Waals surface area (Å²) < 4.78 is 1.76. The molecule has 0 spiro atoms. The molecule has 2 aromatic rings. The average molecular weight is 208 g/mol. The number of nitrogens with zero attached hydrogens (tertiary/aromatic N) is 3. The largest absolute Gasteiger partial charge is 0.329 e. The first-order valence-corrected chi connectivity index (χ1v) is 5.36. The van der Waals surface area contributed by atoms with Gasteiger partial charge in [-0.25, -0.2) is 4.98 Å². The Labute approximate surface area is 86.6 Å². The molecule has 0 unspecified atom stereocenters. The molecular formula is C9H12N4S. The highest BCUT2D eigenvalue weighted by Crippen LogP contribution is 2.20. The Balaban J connectivity index is 2.10. The number of thiazole rings is 1. The number of anilines is 2. The van der Waals surface area contributed by atoms with E-state index in [1.165, 1.54) is 0 Å². The van der Waals surface area contributed by atoms with E-state index in [2.05, 4.69) is 27.7 Å². The van der Waals surface area contributed by atoms with Crippen molar-refractivity contribution in [3.8, 4) is 0 Å². The standard InChI is InChI=1S/C9H12N4S/c1-3-7-6-14-9(11-7)12-8-4-10-13(2)5-8/h4-6H,3H2,1-2H3,(H,11,12). The van der Waals surface area contributed by atoms with Crippen LogP contribution in [0, 0.1) is 0 Å². The number of hydrogen-bond acceptors (Lipinski definition) is 4. The van der Waals surface area contributed by atoms with Crippen LogP contribution in [0.5, 0.6) is 0 Å². The molecule has 0 aliphatic rings. The monoisotopic (exact) mass is 208 g/mol. The molecule has 0 aliphatic heterocycles. The lowest BCUT2D eigenvalue weighted by molar-refractivity contribution is 0.768. The minimum atomic E-state index is 0.926. The van der Waals surface area contributed by atoms with E-state index < -0.39 is 0 Å². The Morgan fingerprint density at radius 3 is 3.00 bits per heavy atom. The van der Waals surface area contributed by atoms with Crippen LogP contribution >= 0.6 is 11.3 Å². The van der Waals surface area contributed by atoms with E-state index in [0.29, 0.717) is 0 Å². The van der Waals surface area contributed by atoms with Gasteiger partial charge in [0.15, 0.2) is 5.13 Å². The lowest BCUT2D eigenvalue weighted by Crippen LogP contribution is -1.88. The highest BCUT2D eigenvalue weighted by atomic mass is 32.1. The van der Waals surface area contributed by atoms with Gasteiger partial charge in [0.1, 0.15) is 0 Å². The van der Waals surface area contributed by atoms with Crippen molar-refractivity contribution in [2.75, 3.05) is 5.32 Å². The Bertz CT molecular complexity index is 418. The lowest BCUT2D eigenvalue weighted by Gasteiger charge is -1.95. The molecule has 0 aliphatic carbocycles. The van der Waals surface area contributed by atoms with Gasteiger partial charge in [0.2, 0.25) is 0 Å². The van der Waals surface area contributed by atoms with Crippen LogP contribution in [-0.4, -0.2) is 14.8 Å². The van der Waals surface area contributed by atoms with E-state index in [-0.39, 0.29) is 0 Å². The summed E-state index contributed by atoms with van der Waals surface area (Å²) in [5.41, 5.74) is 2.10. The third-order valence-corrected chi connectivity index (χ3v) is 2.68. The van der Waals surface area contributed by atoms with Gasteiger partial charge >= 0.3 is 0 Å². The highest BCUT2D eigenvalue weighted by Gasteiger charge is 2.01. The molecule has 0 bridgehead atoms. The molecule has 1 N–H and O–H groups in total. The predicted octanol–water partition coefficient (Wildman–Crippen LogP) is 2.18. The molecule has 0 radical (unpaired) electrons. The maximum atomic E-state index is 4.40. The van der Waals surface area contributed by atoms with Crippen LogP contribution < -0.4 is 5.32 Å². The van der Waals surface area contributed by atoms with E-state index in [9.17, 15) is 0 Å². The van der Waals surface area contributed by atoms with Gasteiger partial charge in [0.05, 0.1) is 17.6 Å². The SMILES string of the molecule is CCc1csc(Nc2cnn(C)c2)n1. The van der Waals surface area contributed by atoms with Gasteiger partial charge in [0, 0.05) is 18.6 Å². The van der Waals surface area contributed by atoms with Crippen molar-refractivity contribution >= 4 is 22.2 Å². The minimum Gasteiger partial charge on any atom is -0.329 e. The molecule has 0 atom stereocenters. The van der Waals surface area contributed by atoms with E-state index in [0.717, 1.165) is 22.9 Å². The van der Waals surface area contributed by atoms with Crippen molar-refractivity contribution < 1.29 is 0 Å². The molecule has 5 heteroatoms. The average Bonchev–Trinajstić information content (AvgIpc) is 2.76. The number of aryl methyl sites for hydroxylation is 2. The van der Waals surface area contributed by atoms with Gasteiger partial charge in [0.25, 0.3) is 0 Å².